The minimum absolute atomic E-state index is 0.210. The molecular formula is C17H26O. The van der Waals surface area contributed by atoms with Crippen molar-refractivity contribution in [2.75, 3.05) is 0 Å². The summed E-state index contributed by atoms with van der Waals surface area (Å²) in [4.78, 5) is 0. The lowest BCUT2D eigenvalue weighted by Gasteiger charge is -2.27. The van der Waals surface area contributed by atoms with Gasteiger partial charge in [0.25, 0.3) is 0 Å². The molecule has 1 aromatic rings. The molecular weight excluding hydrogens is 220 g/mol. The Morgan fingerprint density at radius 1 is 1.11 bits per heavy atom. The molecule has 1 aliphatic carbocycles. The molecule has 0 bridgehead atoms. The molecule has 2 rings (SSSR count). The molecule has 1 heteroatoms. The highest BCUT2D eigenvalue weighted by atomic mass is 16.3. The van der Waals surface area contributed by atoms with E-state index in [2.05, 4.69) is 47.6 Å². The number of fused-ring (bicyclic) bond motifs is 1. The zero-order valence-electron chi connectivity index (χ0n) is 12.6. The molecule has 0 radical (unpaired) electrons. The zero-order chi connectivity index (χ0) is 13.7. The first kappa shape index (κ1) is 13.5. The molecule has 0 aromatic heterocycles. The van der Waals surface area contributed by atoms with E-state index < -0.39 is 0 Å². The van der Waals surface area contributed by atoms with E-state index in [1.54, 1.807) is 0 Å². The van der Waals surface area contributed by atoms with Crippen molar-refractivity contribution in [3.05, 3.63) is 28.3 Å². The maximum absolute atomic E-state index is 10.6. The third-order valence-corrected chi connectivity index (χ3v) is 4.34. The van der Waals surface area contributed by atoms with Crippen LogP contribution >= 0.6 is 0 Å². The molecule has 0 fully saturated rings. The van der Waals surface area contributed by atoms with Gasteiger partial charge in [0, 0.05) is 5.56 Å². The van der Waals surface area contributed by atoms with Crippen molar-refractivity contribution in [3.8, 4) is 5.75 Å². The lowest BCUT2D eigenvalue weighted by molar-refractivity contribution is 0.446. The fourth-order valence-electron chi connectivity index (χ4n) is 3.35. The van der Waals surface area contributed by atoms with Gasteiger partial charge in [0.05, 0.1) is 0 Å². The molecule has 0 saturated carbocycles. The SMILES string of the molecule is CC(C)c1cc2c(c(C(C)C)c1O)C(C)(C)CC2. The van der Waals surface area contributed by atoms with Crippen LogP contribution in [0.25, 0.3) is 0 Å². The zero-order valence-corrected chi connectivity index (χ0v) is 12.6. The number of hydrogen-bond acceptors (Lipinski definition) is 1. The summed E-state index contributed by atoms with van der Waals surface area (Å²) in [5, 5.41) is 10.6. The molecule has 1 aromatic carbocycles. The summed E-state index contributed by atoms with van der Waals surface area (Å²) >= 11 is 0. The van der Waals surface area contributed by atoms with E-state index in [0.29, 0.717) is 17.6 Å². The van der Waals surface area contributed by atoms with Gasteiger partial charge in [0.15, 0.2) is 0 Å². The van der Waals surface area contributed by atoms with Crippen LogP contribution in [0.1, 0.15) is 82.1 Å². The Kier molecular flexibility index (Phi) is 3.21. The number of aryl methyl sites for hydroxylation is 1. The lowest BCUT2D eigenvalue weighted by atomic mass is 9.78. The van der Waals surface area contributed by atoms with Crippen molar-refractivity contribution in [3.63, 3.8) is 0 Å². The van der Waals surface area contributed by atoms with Gasteiger partial charge in [0.2, 0.25) is 0 Å². The van der Waals surface area contributed by atoms with E-state index in [1.165, 1.54) is 23.1 Å². The second kappa shape index (κ2) is 4.29. The van der Waals surface area contributed by atoms with Crippen LogP contribution in [0, 0.1) is 0 Å². The van der Waals surface area contributed by atoms with Crippen LogP contribution in [0.15, 0.2) is 6.07 Å². The minimum atomic E-state index is 0.210. The van der Waals surface area contributed by atoms with E-state index in [-0.39, 0.29) is 5.41 Å². The van der Waals surface area contributed by atoms with Gasteiger partial charge in [-0.05, 0) is 46.8 Å². The first-order valence-corrected chi connectivity index (χ1v) is 7.14. The molecule has 1 nitrogen and oxygen atoms in total. The average molecular weight is 246 g/mol. The summed E-state index contributed by atoms with van der Waals surface area (Å²) in [5.74, 6) is 1.32. The third-order valence-electron chi connectivity index (χ3n) is 4.34. The Balaban J connectivity index is 2.75. The van der Waals surface area contributed by atoms with Crippen molar-refractivity contribution in [2.24, 2.45) is 0 Å². The number of benzene rings is 1. The molecule has 0 spiro atoms. The van der Waals surface area contributed by atoms with E-state index in [1.807, 2.05) is 0 Å². The molecule has 0 saturated heterocycles. The van der Waals surface area contributed by atoms with Crippen molar-refractivity contribution < 1.29 is 5.11 Å². The standard InChI is InChI=1S/C17H26O/c1-10(2)13-9-12-7-8-17(5,6)15(12)14(11(3)4)16(13)18/h9-11,18H,7-8H2,1-6H3. The van der Waals surface area contributed by atoms with E-state index in [9.17, 15) is 5.11 Å². The van der Waals surface area contributed by atoms with Crippen LogP contribution in [-0.2, 0) is 11.8 Å². The first-order valence-electron chi connectivity index (χ1n) is 7.14. The number of phenolic OH excluding ortho intramolecular Hbond substituents is 1. The van der Waals surface area contributed by atoms with Crippen LogP contribution in [0.2, 0.25) is 0 Å². The number of rotatable bonds is 2. The molecule has 0 heterocycles. The smallest absolute Gasteiger partial charge is 0.122 e. The van der Waals surface area contributed by atoms with Gasteiger partial charge in [-0.1, -0.05) is 47.6 Å². The van der Waals surface area contributed by atoms with Gasteiger partial charge in [-0.15, -0.1) is 0 Å². The summed E-state index contributed by atoms with van der Waals surface area (Å²) in [6, 6.07) is 2.25. The van der Waals surface area contributed by atoms with Crippen molar-refractivity contribution in [1.29, 1.82) is 0 Å². The first-order chi connectivity index (χ1) is 8.25. The van der Waals surface area contributed by atoms with Gasteiger partial charge in [-0.2, -0.15) is 0 Å². The maximum Gasteiger partial charge on any atom is 0.122 e. The molecule has 0 unspecified atom stereocenters. The fraction of sp³-hybridized carbons (Fsp3) is 0.647. The largest absolute Gasteiger partial charge is 0.507 e. The molecule has 0 atom stereocenters. The Labute approximate surface area is 111 Å². The minimum Gasteiger partial charge on any atom is -0.507 e. The fourth-order valence-corrected chi connectivity index (χ4v) is 3.35. The highest BCUT2D eigenvalue weighted by Gasteiger charge is 2.35. The summed E-state index contributed by atoms with van der Waals surface area (Å²) in [6.07, 6.45) is 2.35. The van der Waals surface area contributed by atoms with Gasteiger partial charge in [-0.3, -0.25) is 0 Å². The van der Waals surface area contributed by atoms with Crippen molar-refractivity contribution in [2.45, 2.75) is 71.6 Å². The summed E-state index contributed by atoms with van der Waals surface area (Å²) < 4.78 is 0. The highest BCUT2D eigenvalue weighted by molar-refractivity contribution is 5.56. The average Bonchev–Trinajstić information content (AvgIpc) is 2.53. The van der Waals surface area contributed by atoms with Crippen LogP contribution in [0.3, 0.4) is 0 Å². The molecule has 18 heavy (non-hydrogen) atoms. The second-order valence-corrected chi connectivity index (χ2v) is 6.96. The Morgan fingerprint density at radius 2 is 1.72 bits per heavy atom. The lowest BCUT2D eigenvalue weighted by Crippen LogP contribution is -2.16. The van der Waals surface area contributed by atoms with Crippen LogP contribution in [0.4, 0.5) is 0 Å². The second-order valence-electron chi connectivity index (χ2n) is 6.96. The number of aromatic hydroxyl groups is 1. The Hall–Kier alpha value is -0.980. The Morgan fingerprint density at radius 3 is 2.22 bits per heavy atom. The summed E-state index contributed by atoms with van der Waals surface area (Å²) in [6.45, 7) is 13.3. The van der Waals surface area contributed by atoms with Crippen LogP contribution < -0.4 is 0 Å². The van der Waals surface area contributed by atoms with Gasteiger partial charge < -0.3 is 5.11 Å². The summed E-state index contributed by atoms with van der Waals surface area (Å²) in [5.41, 5.74) is 5.40. The van der Waals surface area contributed by atoms with E-state index in [4.69, 9.17) is 0 Å². The third kappa shape index (κ3) is 1.94. The quantitative estimate of drug-likeness (QED) is 0.790. The number of hydrogen-bond donors (Lipinski definition) is 1. The monoisotopic (exact) mass is 246 g/mol. The molecule has 0 aliphatic heterocycles. The predicted octanol–water partition coefficient (Wildman–Crippen LogP) is 4.86. The highest BCUT2D eigenvalue weighted by Crippen LogP contribution is 2.48. The van der Waals surface area contributed by atoms with Crippen molar-refractivity contribution >= 4 is 0 Å². The normalized spacial score (nSPS) is 17.6. The van der Waals surface area contributed by atoms with Gasteiger partial charge in [0.1, 0.15) is 5.75 Å². The van der Waals surface area contributed by atoms with E-state index >= 15 is 0 Å². The van der Waals surface area contributed by atoms with Crippen LogP contribution in [0.5, 0.6) is 5.75 Å². The topological polar surface area (TPSA) is 20.2 Å². The molecule has 0 amide bonds. The van der Waals surface area contributed by atoms with Gasteiger partial charge >= 0.3 is 0 Å². The van der Waals surface area contributed by atoms with Crippen molar-refractivity contribution in [1.82, 2.24) is 0 Å². The predicted molar refractivity (Wildman–Crippen MR) is 77.6 cm³/mol. The molecule has 1 N–H and O–H groups in total. The maximum atomic E-state index is 10.6. The summed E-state index contributed by atoms with van der Waals surface area (Å²) in [7, 11) is 0. The molecule has 100 valence electrons. The van der Waals surface area contributed by atoms with Gasteiger partial charge in [-0.25, -0.2) is 0 Å². The van der Waals surface area contributed by atoms with E-state index in [0.717, 1.165) is 12.0 Å². The molecule has 1 aliphatic rings. The number of phenols is 1. The van der Waals surface area contributed by atoms with Crippen LogP contribution in [-0.4, -0.2) is 5.11 Å². The Bertz CT molecular complexity index is 467.